The molecule has 2 aromatic heterocycles. The van der Waals surface area contributed by atoms with Gasteiger partial charge in [0.1, 0.15) is 29.4 Å². The van der Waals surface area contributed by atoms with E-state index in [1.54, 1.807) is 29.9 Å². The van der Waals surface area contributed by atoms with Crippen molar-refractivity contribution in [2.24, 2.45) is 0 Å². The molecule has 0 aliphatic rings. The van der Waals surface area contributed by atoms with E-state index in [0.717, 1.165) is 0 Å². The number of hydrogen-bond acceptors (Lipinski definition) is 5. The topological polar surface area (TPSA) is 120 Å². The molecule has 8 nitrogen and oxygen atoms in total. The third-order valence-corrected chi connectivity index (χ3v) is 4.65. The largest absolute Gasteiger partial charge is 0.385 e. The number of aromatic nitrogens is 4. The molecule has 0 spiro atoms. The number of nitriles is 1. The first-order chi connectivity index (χ1) is 14.3. The standard InChI is InChI=1S/C20H20ClFN6O2/c1-11(25-19(30)7-14-9-24-20(26-14)12(2)29)10-28-4-3-18(27-28)13-5-16(21)15(8-23)17(22)6-13/h3-6,9,11-12,29H,7,10H2,1-2H3,(H,24,26)(H,25,30)/t11-,12?/m0/s1. The number of aliphatic hydroxyl groups excluding tert-OH is 1. The Kier molecular flexibility index (Phi) is 6.50. The lowest BCUT2D eigenvalue weighted by Gasteiger charge is -2.13. The number of benzene rings is 1. The summed E-state index contributed by atoms with van der Waals surface area (Å²) in [6.45, 7) is 3.83. The number of carbonyl (C=O) groups is 1. The molecule has 3 aromatic rings. The molecule has 1 amide bonds. The van der Waals surface area contributed by atoms with E-state index in [-0.39, 0.29) is 29.0 Å². The number of aromatic amines is 1. The van der Waals surface area contributed by atoms with Crippen LogP contribution in [0.1, 0.15) is 37.0 Å². The highest BCUT2D eigenvalue weighted by Crippen LogP contribution is 2.26. The fraction of sp³-hybridized carbons (Fsp3) is 0.300. The zero-order chi connectivity index (χ0) is 21.8. The number of imidazole rings is 1. The first-order valence-corrected chi connectivity index (χ1v) is 9.58. The second-order valence-electron chi connectivity index (χ2n) is 6.96. The Morgan fingerprint density at radius 2 is 2.23 bits per heavy atom. The van der Waals surface area contributed by atoms with Crippen LogP contribution in [0.4, 0.5) is 4.39 Å². The van der Waals surface area contributed by atoms with Crippen molar-refractivity contribution in [3.63, 3.8) is 0 Å². The predicted octanol–water partition coefficient (Wildman–Crippen LogP) is 2.74. The van der Waals surface area contributed by atoms with Crippen molar-refractivity contribution < 1.29 is 14.3 Å². The Labute approximate surface area is 177 Å². The minimum atomic E-state index is -0.728. The molecule has 0 bridgehead atoms. The van der Waals surface area contributed by atoms with Gasteiger partial charge >= 0.3 is 0 Å². The van der Waals surface area contributed by atoms with Gasteiger partial charge in [-0.25, -0.2) is 9.37 Å². The molecular formula is C20H20ClFN6O2. The zero-order valence-corrected chi connectivity index (χ0v) is 17.1. The maximum absolute atomic E-state index is 14.0. The van der Waals surface area contributed by atoms with E-state index in [9.17, 15) is 14.3 Å². The van der Waals surface area contributed by atoms with Gasteiger partial charge in [-0.05, 0) is 32.0 Å². The Morgan fingerprint density at radius 3 is 2.87 bits per heavy atom. The minimum absolute atomic E-state index is 0.0280. The number of nitrogens with one attached hydrogen (secondary N) is 2. The maximum Gasteiger partial charge on any atom is 0.226 e. The number of hydrogen-bond donors (Lipinski definition) is 3. The van der Waals surface area contributed by atoms with E-state index in [1.807, 2.05) is 6.92 Å². The number of halogens is 2. The number of H-pyrrole nitrogens is 1. The van der Waals surface area contributed by atoms with E-state index in [2.05, 4.69) is 20.4 Å². The third-order valence-electron chi connectivity index (χ3n) is 4.35. The van der Waals surface area contributed by atoms with Crippen LogP contribution in [-0.2, 0) is 17.8 Å². The molecule has 1 aromatic carbocycles. The lowest BCUT2D eigenvalue weighted by molar-refractivity contribution is -0.121. The lowest BCUT2D eigenvalue weighted by atomic mass is 10.1. The van der Waals surface area contributed by atoms with E-state index in [1.165, 1.54) is 18.3 Å². The fourth-order valence-corrected chi connectivity index (χ4v) is 3.20. The van der Waals surface area contributed by atoms with Gasteiger partial charge in [0.2, 0.25) is 5.91 Å². The van der Waals surface area contributed by atoms with Gasteiger partial charge in [-0.2, -0.15) is 10.4 Å². The molecule has 0 radical (unpaired) electrons. The highest BCUT2D eigenvalue weighted by molar-refractivity contribution is 6.32. The van der Waals surface area contributed by atoms with Crippen LogP contribution in [0.5, 0.6) is 0 Å². The van der Waals surface area contributed by atoms with Crippen LogP contribution in [0.3, 0.4) is 0 Å². The van der Waals surface area contributed by atoms with Gasteiger partial charge in [-0.15, -0.1) is 0 Å². The molecule has 3 rings (SSSR count). The summed E-state index contributed by atoms with van der Waals surface area (Å²) >= 11 is 5.95. The first kappa shape index (κ1) is 21.5. The Hall–Kier alpha value is -3.22. The molecule has 3 N–H and O–H groups in total. The molecule has 30 heavy (non-hydrogen) atoms. The Balaban J connectivity index is 1.60. The monoisotopic (exact) mass is 430 g/mol. The predicted molar refractivity (Wildman–Crippen MR) is 108 cm³/mol. The van der Waals surface area contributed by atoms with E-state index in [4.69, 9.17) is 16.9 Å². The highest BCUT2D eigenvalue weighted by atomic mass is 35.5. The fourth-order valence-electron chi connectivity index (χ4n) is 2.95. The van der Waals surface area contributed by atoms with Crippen LogP contribution in [0, 0.1) is 17.1 Å². The zero-order valence-electron chi connectivity index (χ0n) is 16.4. The second-order valence-corrected chi connectivity index (χ2v) is 7.37. The number of carbonyl (C=O) groups excluding carboxylic acids is 1. The molecule has 0 saturated carbocycles. The van der Waals surface area contributed by atoms with Crippen molar-refractivity contribution in [2.45, 2.75) is 39.0 Å². The van der Waals surface area contributed by atoms with Crippen LogP contribution in [0.15, 0.2) is 30.6 Å². The average Bonchev–Trinajstić information content (AvgIpc) is 3.31. The molecule has 0 aliphatic heterocycles. The summed E-state index contributed by atoms with van der Waals surface area (Å²) in [6, 6.07) is 5.92. The minimum Gasteiger partial charge on any atom is -0.385 e. The molecule has 0 fully saturated rings. The quantitative estimate of drug-likeness (QED) is 0.532. The van der Waals surface area contributed by atoms with E-state index in [0.29, 0.717) is 29.3 Å². The van der Waals surface area contributed by atoms with E-state index < -0.39 is 11.9 Å². The number of nitrogens with zero attached hydrogens (tertiary/aromatic N) is 4. The van der Waals surface area contributed by atoms with Gasteiger partial charge in [0.25, 0.3) is 0 Å². The molecule has 10 heteroatoms. The smallest absolute Gasteiger partial charge is 0.226 e. The van der Waals surface area contributed by atoms with Crippen molar-refractivity contribution in [3.05, 3.63) is 58.5 Å². The van der Waals surface area contributed by atoms with Crippen LogP contribution >= 0.6 is 11.6 Å². The summed E-state index contributed by atoms with van der Waals surface area (Å²) in [7, 11) is 0. The summed E-state index contributed by atoms with van der Waals surface area (Å²) in [5.74, 6) is -0.487. The highest BCUT2D eigenvalue weighted by Gasteiger charge is 2.14. The van der Waals surface area contributed by atoms with Crippen molar-refractivity contribution in [3.8, 4) is 17.3 Å². The van der Waals surface area contributed by atoms with Crippen LogP contribution in [0.25, 0.3) is 11.3 Å². The van der Waals surface area contributed by atoms with Gasteiger partial charge in [0.05, 0.1) is 23.7 Å². The SMILES string of the molecule is CC(O)c1ncc(CC(=O)N[C@@H](C)Cn2ccc(-c3cc(F)c(C#N)c(Cl)c3)n2)[nH]1. The Morgan fingerprint density at radius 1 is 1.47 bits per heavy atom. The number of aliphatic hydroxyl groups is 1. The van der Waals surface area contributed by atoms with Crippen molar-refractivity contribution in [1.29, 1.82) is 5.26 Å². The summed E-state index contributed by atoms with van der Waals surface area (Å²) in [4.78, 5) is 19.1. The molecule has 0 aliphatic carbocycles. The average molecular weight is 431 g/mol. The van der Waals surface area contributed by atoms with Crippen LogP contribution in [0.2, 0.25) is 5.02 Å². The molecule has 0 saturated heterocycles. The van der Waals surface area contributed by atoms with E-state index >= 15 is 0 Å². The normalized spacial score (nSPS) is 12.9. The molecular weight excluding hydrogens is 411 g/mol. The molecule has 156 valence electrons. The summed E-state index contributed by atoms with van der Waals surface area (Å²) in [5.41, 5.74) is 1.37. The maximum atomic E-state index is 14.0. The molecule has 2 atom stereocenters. The van der Waals surface area contributed by atoms with Gasteiger partial charge in [0, 0.05) is 29.7 Å². The van der Waals surface area contributed by atoms with Crippen molar-refractivity contribution in [1.82, 2.24) is 25.1 Å². The Bertz CT molecular complexity index is 1080. The van der Waals surface area contributed by atoms with Crippen LogP contribution < -0.4 is 5.32 Å². The summed E-state index contributed by atoms with van der Waals surface area (Å²) in [6.07, 6.45) is 2.62. The molecule has 1 unspecified atom stereocenters. The lowest BCUT2D eigenvalue weighted by Crippen LogP contribution is -2.36. The number of amides is 1. The number of rotatable bonds is 7. The van der Waals surface area contributed by atoms with Crippen molar-refractivity contribution >= 4 is 17.5 Å². The van der Waals surface area contributed by atoms with Crippen LogP contribution in [-0.4, -0.2) is 36.8 Å². The molecule has 2 heterocycles. The summed E-state index contributed by atoms with van der Waals surface area (Å²) in [5, 5.41) is 25.7. The van der Waals surface area contributed by atoms with Crippen molar-refractivity contribution in [2.75, 3.05) is 0 Å². The van der Waals surface area contributed by atoms with Gasteiger partial charge in [0.15, 0.2) is 0 Å². The van der Waals surface area contributed by atoms with Gasteiger partial charge in [-0.1, -0.05) is 11.6 Å². The second kappa shape index (κ2) is 9.07. The van der Waals surface area contributed by atoms with Gasteiger partial charge < -0.3 is 15.4 Å². The van der Waals surface area contributed by atoms with Gasteiger partial charge in [-0.3, -0.25) is 9.48 Å². The third kappa shape index (κ3) is 5.03. The first-order valence-electron chi connectivity index (χ1n) is 9.21. The summed E-state index contributed by atoms with van der Waals surface area (Å²) < 4.78 is 15.6.